The number of aromatic nitrogens is 1. The van der Waals surface area contributed by atoms with Crippen molar-refractivity contribution in [1.29, 1.82) is 0 Å². The van der Waals surface area contributed by atoms with Crippen LogP contribution in [0.3, 0.4) is 0 Å². The van der Waals surface area contributed by atoms with Gasteiger partial charge in [0, 0.05) is 23.9 Å². The maximum Gasteiger partial charge on any atom is 0.338 e. The number of hydrogen-bond donors (Lipinski definition) is 1. The average Bonchev–Trinajstić information content (AvgIpc) is 3.50. The van der Waals surface area contributed by atoms with Gasteiger partial charge in [0.2, 0.25) is 11.8 Å². The van der Waals surface area contributed by atoms with E-state index < -0.39 is 23.1 Å². The van der Waals surface area contributed by atoms with Crippen LogP contribution in [0.5, 0.6) is 5.75 Å². The summed E-state index contributed by atoms with van der Waals surface area (Å²) in [7, 11) is 0. The Morgan fingerprint density at radius 1 is 1.00 bits per heavy atom. The molecule has 4 heterocycles. The Balaban J connectivity index is 1.29. The van der Waals surface area contributed by atoms with Gasteiger partial charge in [-0.1, -0.05) is 35.2 Å². The number of nitrogens with one attached hydrogen (secondary N) is 1. The van der Waals surface area contributed by atoms with Gasteiger partial charge in [0.15, 0.2) is 6.61 Å². The quantitative estimate of drug-likeness (QED) is 0.318. The zero-order chi connectivity index (χ0) is 29.4. The lowest BCUT2D eigenvalue weighted by atomic mass is 9.83. The minimum Gasteiger partial charge on any atom is -0.484 e. The molecular formula is C30H29N3O7S2. The van der Waals surface area contributed by atoms with Crippen LogP contribution in [0.1, 0.15) is 52.9 Å². The summed E-state index contributed by atoms with van der Waals surface area (Å²) in [5.41, 5.74) is 1.39. The molecule has 12 heteroatoms. The molecule has 218 valence electrons. The second-order valence-electron chi connectivity index (χ2n) is 10.3. The van der Waals surface area contributed by atoms with Crippen LogP contribution in [-0.4, -0.2) is 65.1 Å². The van der Waals surface area contributed by atoms with Crippen molar-refractivity contribution in [3.63, 3.8) is 0 Å². The van der Waals surface area contributed by atoms with Crippen molar-refractivity contribution in [2.24, 2.45) is 5.92 Å². The summed E-state index contributed by atoms with van der Waals surface area (Å²) in [4.78, 5) is 71.1. The lowest BCUT2D eigenvalue weighted by molar-refractivity contribution is -0.134. The van der Waals surface area contributed by atoms with Crippen molar-refractivity contribution in [1.82, 2.24) is 9.88 Å². The summed E-state index contributed by atoms with van der Waals surface area (Å²) in [6, 6.07) is 13.3. The average molecular weight is 608 g/mol. The van der Waals surface area contributed by atoms with Crippen LogP contribution in [0, 0.1) is 5.92 Å². The first kappa shape index (κ1) is 28.2. The molecule has 10 nitrogen and oxygen atoms in total. The fourth-order valence-electron chi connectivity index (χ4n) is 5.77. The molecule has 1 aromatic heterocycles. The zero-order valence-corrected chi connectivity index (χ0v) is 24.5. The van der Waals surface area contributed by atoms with Crippen molar-refractivity contribution >= 4 is 52.5 Å². The molecule has 3 aliphatic rings. The maximum atomic E-state index is 14.0. The number of carbonyl (C=O) groups is 4. The van der Waals surface area contributed by atoms with Gasteiger partial charge in [-0.05, 0) is 68.1 Å². The number of likely N-dealkylation sites (tertiary alicyclic amines) is 1. The maximum absolute atomic E-state index is 14.0. The molecule has 2 fully saturated rings. The third-order valence-electron chi connectivity index (χ3n) is 7.75. The molecule has 2 saturated heterocycles. The van der Waals surface area contributed by atoms with Gasteiger partial charge in [-0.15, -0.1) is 0 Å². The number of aromatic amines is 1. The lowest BCUT2D eigenvalue weighted by Gasteiger charge is -2.30. The van der Waals surface area contributed by atoms with Crippen LogP contribution in [0.25, 0.3) is 0 Å². The second-order valence-corrected chi connectivity index (χ2v) is 12.5. The Morgan fingerprint density at radius 3 is 2.50 bits per heavy atom. The van der Waals surface area contributed by atoms with Crippen molar-refractivity contribution in [2.75, 3.05) is 31.2 Å². The largest absolute Gasteiger partial charge is 0.484 e. The van der Waals surface area contributed by atoms with E-state index in [1.165, 1.54) is 23.9 Å². The Labute approximate surface area is 250 Å². The van der Waals surface area contributed by atoms with Crippen molar-refractivity contribution < 1.29 is 28.7 Å². The normalized spacial score (nSPS) is 21.6. The zero-order valence-electron chi connectivity index (χ0n) is 22.9. The minimum atomic E-state index is -0.767. The summed E-state index contributed by atoms with van der Waals surface area (Å²) in [6.07, 6.45) is 3.11. The Morgan fingerprint density at radius 2 is 1.76 bits per heavy atom. The fraction of sp³-hybridized carbons (Fsp3) is 0.367. The Bertz CT molecular complexity index is 1590. The van der Waals surface area contributed by atoms with Gasteiger partial charge in [0.25, 0.3) is 5.91 Å². The first-order chi connectivity index (χ1) is 20.4. The number of rotatable bonds is 7. The third kappa shape index (κ3) is 5.24. The van der Waals surface area contributed by atoms with Crippen molar-refractivity contribution in [3.8, 4) is 5.75 Å². The molecule has 6 rings (SSSR count). The number of nitrogens with zero attached hydrogens (tertiary/aromatic N) is 2. The van der Waals surface area contributed by atoms with Gasteiger partial charge in [0.1, 0.15) is 11.0 Å². The van der Waals surface area contributed by atoms with Crippen LogP contribution in [-0.2, 0) is 19.1 Å². The number of esters is 1. The highest BCUT2D eigenvalue weighted by Crippen LogP contribution is 2.53. The highest BCUT2D eigenvalue weighted by molar-refractivity contribution is 8.00. The highest BCUT2D eigenvalue weighted by Gasteiger charge is 2.56. The van der Waals surface area contributed by atoms with E-state index in [-0.39, 0.29) is 35.8 Å². The van der Waals surface area contributed by atoms with Gasteiger partial charge in [-0.2, -0.15) is 0 Å². The van der Waals surface area contributed by atoms with Gasteiger partial charge in [-0.25, -0.2) is 9.69 Å². The molecule has 0 bridgehead atoms. The third-order valence-corrected chi connectivity index (χ3v) is 10.1. The minimum absolute atomic E-state index is 0.0680. The highest BCUT2D eigenvalue weighted by atomic mass is 32.2. The van der Waals surface area contributed by atoms with E-state index in [9.17, 15) is 24.0 Å². The molecule has 0 saturated carbocycles. The summed E-state index contributed by atoms with van der Waals surface area (Å²) in [5, 5.41) is -0.182. The van der Waals surface area contributed by atoms with E-state index in [2.05, 4.69) is 4.98 Å². The van der Waals surface area contributed by atoms with Crippen LogP contribution >= 0.6 is 23.1 Å². The molecule has 0 spiro atoms. The first-order valence-electron chi connectivity index (χ1n) is 13.9. The molecule has 3 atom stereocenters. The van der Waals surface area contributed by atoms with Crippen LogP contribution in [0.4, 0.5) is 5.69 Å². The monoisotopic (exact) mass is 607 g/mol. The van der Waals surface area contributed by atoms with Gasteiger partial charge >= 0.3 is 10.8 Å². The summed E-state index contributed by atoms with van der Waals surface area (Å²) in [6.45, 7) is 3.33. The van der Waals surface area contributed by atoms with E-state index in [0.717, 1.165) is 48.6 Å². The Hall–Kier alpha value is -3.90. The lowest BCUT2D eigenvalue weighted by Crippen LogP contribution is -2.38. The topological polar surface area (TPSA) is 126 Å². The molecule has 42 heavy (non-hydrogen) atoms. The number of amides is 3. The number of imide groups is 1. The standard InChI is InChI=1S/C30H29N3O7S2/c1-2-39-29(37)17-9-11-19(12-10-17)33-27(35)23-22(24-26(31-30(38)42-24)41-25(23)28(33)36)18-7-6-8-20(15-18)40-16-21(34)32-13-4-3-5-14-32/h6-12,15,22-23,25H,2-5,13-14,16H2,1H3,(H,31,38)/t22-,23-,25+/m0/s1. The van der Waals surface area contributed by atoms with E-state index in [4.69, 9.17) is 9.47 Å². The molecule has 1 N–H and O–H groups in total. The number of H-pyrrole nitrogens is 1. The number of hydrogen-bond acceptors (Lipinski definition) is 9. The van der Waals surface area contributed by atoms with Crippen molar-refractivity contribution in [2.45, 2.75) is 42.4 Å². The SMILES string of the molecule is CCOC(=O)c1ccc(N2C(=O)[C@H]3[C@H](c4cccc(OCC(=O)N5CCCCC5)c4)c4sc(=O)[nH]c4S[C@H]3C2=O)cc1. The van der Waals surface area contributed by atoms with Crippen LogP contribution in [0.15, 0.2) is 58.4 Å². The predicted octanol–water partition coefficient (Wildman–Crippen LogP) is 3.80. The van der Waals surface area contributed by atoms with Gasteiger partial charge < -0.3 is 19.4 Å². The van der Waals surface area contributed by atoms with Gasteiger partial charge in [-0.3, -0.25) is 19.2 Å². The summed E-state index contributed by atoms with van der Waals surface area (Å²) in [5.74, 6) is -2.19. The number of ether oxygens (including phenoxy) is 2. The molecule has 3 aromatic rings. The number of thiazole rings is 1. The van der Waals surface area contributed by atoms with Crippen LogP contribution < -0.4 is 14.5 Å². The molecule has 0 radical (unpaired) electrons. The van der Waals surface area contributed by atoms with E-state index in [0.29, 0.717) is 32.5 Å². The Kier molecular flexibility index (Phi) is 7.91. The fourth-order valence-corrected chi connectivity index (χ4v) is 8.28. The smallest absolute Gasteiger partial charge is 0.338 e. The molecule has 3 aliphatic heterocycles. The summed E-state index contributed by atoms with van der Waals surface area (Å²) >= 11 is 2.22. The van der Waals surface area contributed by atoms with E-state index >= 15 is 0 Å². The van der Waals surface area contributed by atoms with E-state index in [1.807, 2.05) is 11.0 Å². The van der Waals surface area contributed by atoms with Gasteiger partial charge in [0.05, 0.1) is 28.8 Å². The number of carbonyl (C=O) groups excluding carboxylic acids is 4. The second kappa shape index (κ2) is 11.8. The number of benzene rings is 2. The molecule has 3 amide bonds. The van der Waals surface area contributed by atoms with E-state index in [1.54, 1.807) is 37.3 Å². The number of piperidine rings is 1. The predicted molar refractivity (Wildman–Crippen MR) is 157 cm³/mol. The van der Waals surface area contributed by atoms with Crippen LogP contribution in [0.2, 0.25) is 0 Å². The number of fused-ring (bicyclic) bond motifs is 2. The number of anilines is 1. The number of thioether (sulfide) groups is 1. The summed E-state index contributed by atoms with van der Waals surface area (Å²) < 4.78 is 10.9. The molecule has 0 unspecified atom stereocenters. The molecule has 0 aliphatic carbocycles. The van der Waals surface area contributed by atoms with Crippen molar-refractivity contribution in [3.05, 3.63) is 74.2 Å². The molecule has 2 aromatic carbocycles. The first-order valence-corrected chi connectivity index (χ1v) is 15.6. The molecular weight excluding hydrogens is 578 g/mol.